The molecule has 0 fully saturated rings. The fourth-order valence-electron chi connectivity index (χ4n) is 4.97. The predicted octanol–water partition coefficient (Wildman–Crippen LogP) is 8.82. The first-order valence-electron chi connectivity index (χ1n) is 13.2. The van der Waals surface area contributed by atoms with Crippen molar-refractivity contribution in [1.82, 2.24) is 9.97 Å². The molecule has 2 aromatic carbocycles. The maximum Gasteiger partial charge on any atom is 0.160 e. The molecule has 174 valence electrons. The van der Waals surface area contributed by atoms with Gasteiger partial charge in [0, 0.05) is 22.4 Å². The zero-order chi connectivity index (χ0) is 22.9. The van der Waals surface area contributed by atoms with E-state index in [0.717, 1.165) is 29.9 Å². The highest BCUT2D eigenvalue weighted by Gasteiger charge is 2.17. The molecule has 0 spiro atoms. The second-order valence-corrected chi connectivity index (χ2v) is 9.94. The molecule has 0 N–H and O–H groups in total. The third-order valence-electron chi connectivity index (χ3n) is 7.07. The highest BCUT2D eigenvalue weighted by atomic mass is 14.9. The molecule has 0 unspecified atom stereocenters. The monoisotopic (exact) mass is 440 g/mol. The third kappa shape index (κ3) is 6.76. The van der Waals surface area contributed by atoms with Crippen LogP contribution >= 0.6 is 0 Å². The molecule has 0 radical (unpaired) electrons. The molecule has 0 saturated carbocycles. The Kier molecular flexibility index (Phi) is 8.69. The van der Waals surface area contributed by atoms with E-state index in [0.29, 0.717) is 0 Å². The standard InChI is InChI=1S/C31H40N2/c1-24-16-20-26(21-17-24)30-28-14-12-10-8-6-4-3-5-7-9-11-13-15-29(28)32-31(33-30)27-22-18-25(2)19-23-27/h16-23H,3-15H2,1-2H3. The van der Waals surface area contributed by atoms with Crippen LogP contribution in [0.15, 0.2) is 48.5 Å². The first kappa shape index (κ1) is 23.7. The van der Waals surface area contributed by atoms with Gasteiger partial charge in [-0.15, -0.1) is 0 Å². The lowest BCUT2D eigenvalue weighted by molar-refractivity contribution is 0.548. The van der Waals surface area contributed by atoms with Gasteiger partial charge in [0.1, 0.15) is 0 Å². The van der Waals surface area contributed by atoms with Gasteiger partial charge in [-0.05, 0) is 39.5 Å². The average molecular weight is 441 g/mol. The SMILES string of the molecule is Cc1ccc(-c2nc3c(c(-c4ccc(C)cc4)n2)CCCCCCCCCCCCC3)cc1. The number of aromatic nitrogens is 2. The Labute approximate surface area is 200 Å². The van der Waals surface area contributed by atoms with Gasteiger partial charge in [0.15, 0.2) is 5.82 Å². The van der Waals surface area contributed by atoms with E-state index in [1.807, 2.05) is 0 Å². The normalized spacial score (nSPS) is 16.4. The van der Waals surface area contributed by atoms with Gasteiger partial charge in [-0.3, -0.25) is 0 Å². The average Bonchev–Trinajstić information content (AvgIpc) is 2.84. The quantitative estimate of drug-likeness (QED) is 0.398. The Morgan fingerprint density at radius 1 is 0.485 bits per heavy atom. The Hall–Kier alpha value is -2.48. The van der Waals surface area contributed by atoms with Crippen molar-refractivity contribution in [3.63, 3.8) is 0 Å². The van der Waals surface area contributed by atoms with Crippen molar-refractivity contribution in [2.45, 2.75) is 97.3 Å². The van der Waals surface area contributed by atoms with Gasteiger partial charge in [0.2, 0.25) is 0 Å². The molecule has 3 aromatic rings. The number of hydrogen-bond acceptors (Lipinski definition) is 2. The van der Waals surface area contributed by atoms with Gasteiger partial charge in [-0.25, -0.2) is 9.97 Å². The second-order valence-electron chi connectivity index (χ2n) is 9.94. The van der Waals surface area contributed by atoms with Crippen LogP contribution in [-0.4, -0.2) is 9.97 Å². The van der Waals surface area contributed by atoms with Crippen molar-refractivity contribution in [3.8, 4) is 22.6 Å². The smallest absolute Gasteiger partial charge is 0.160 e. The van der Waals surface area contributed by atoms with Crippen LogP contribution < -0.4 is 0 Å². The lowest BCUT2D eigenvalue weighted by Crippen LogP contribution is -2.07. The molecule has 0 bridgehead atoms. The molecule has 0 aliphatic heterocycles. The summed E-state index contributed by atoms with van der Waals surface area (Å²) in [5.41, 5.74) is 8.74. The van der Waals surface area contributed by atoms with E-state index in [1.165, 1.54) is 98.6 Å². The summed E-state index contributed by atoms with van der Waals surface area (Å²) in [6, 6.07) is 17.6. The fourth-order valence-corrected chi connectivity index (χ4v) is 4.97. The summed E-state index contributed by atoms with van der Waals surface area (Å²) in [6.07, 6.45) is 17.0. The molecule has 2 nitrogen and oxygen atoms in total. The summed E-state index contributed by atoms with van der Waals surface area (Å²) >= 11 is 0. The minimum atomic E-state index is 0.877. The minimum Gasteiger partial charge on any atom is -0.233 e. The number of rotatable bonds is 2. The Balaban J connectivity index is 1.74. The maximum absolute atomic E-state index is 5.19. The number of aryl methyl sites for hydroxylation is 3. The summed E-state index contributed by atoms with van der Waals surface area (Å²) in [5.74, 6) is 0.877. The highest BCUT2D eigenvalue weighted by molar-refractivity contribution is 5.68. The fraction of sp³-hybridized carbons (Fsp3) is 0.484. The van der Waals surface area contributed by atoms with Gasteiger partial charge in [-0.2, -0.15) is 0 Å². The minimum absolute atomic E-state index is 0.877. The largest absolute Gasteiger partial charge is 0.233 e. The molecule has 33 heavy (non-hydrogen) atoms. The third-order valence-corrected chi connectivity index (χ3v) is 7.07. The van der Waals surface area contributed by atoms with E-state index in [9.17, 15) is 0 Å². The van der Waals surface area contributed by atoms with E-state index in [-0.39, 0.29) is 0 Å². The number of benzene rings is 2. The van der Waals surface area contributed by atoms with E-state index in [2.05, 4.69) is 62.4 Å². The summed E-state index contributed by atoms with van der Waals surface area (Å²) in [4.78, 5) is 10.4. The molecular formula is C31H40N2. The van der Waals surface area contributed by atoms with Crippen molar-refractivity contribution in [3.05, 3.63) is 70.9 Å². The predicted molar refractivity (Wildman–Crippen MR) is 141 cm³/mol. The Morgan fingerprint density at radius 2 is 0.939 bits per heavy atom. The van der Waals surface area contributed by atoms with Crippen LogP contribution in [0.2, 0.25) is 0 Å². The molecule has 0 amide bonds. The van der Waals surface area contributed by atoms with Gasteiger partial charge in [-0.1, -0.05) is 117 Å². The lowest BCUT2D eigenvalue weighted by Gasteiger charge is -2.17. The zero-order valence-corrected chi connectivity index (χ0v) is 20.7. The molecule has 1 aliphatic rings. The molecule has 1 heterocycles. The first-order valence-corrected chi connectivity index (χ1v) is 13.2. The topological polar surface area (TPSA) is 25.8 Å². The summed E-state index contributed by atoms with van der Waals surface area (Å²) in [5, 5.41) is 0. The van der Waals surface area contributed by atoms with Crippen LogP contribution in [-0.2, 0) is 12.8 Å². The van der Waals surface area contributed by atoms with E-state index in [1.54, 1.807) is 0 Å². The molecule has 0 atom stereocenters. The van der Waals surface area contributed by atoms with Crippen molar-refractivity contribution in [2.24, 2.45) is 0 Å². The summed E-state index contributed by atoms with van der Waals surface area (Å²) in [6.45, 7) is 4.29. The van der Waals surface area contributed by atoms with Gasteiger partial charge in [0.05, 0.1) is 5.69 Å². The zero-order valence-electron chi connectivity index (χ0n) is 20.7. The van der Waals surface area contributed by atoms with Gasteiger partial charge in [0.25, 0.3) is 0 Å². The van der Waals surface area contributed by atoms with Gasteiger partial charge < -0.3 is 0 Å². The van der Waals surface area contributed by atoms with E-state index in [4.69, 9.17) is 9.97 Å². The highest BCUT2D eigenvalue weighted by Crippen LogP contribution is 2.30. The second kappa shape index (κ2) is 12.1. The van der Waals surface area contributed by atoms with Crippen LogP contribution in [0.5, 0.6) is 0 Å². The lowest BCUT2D eigenvalue weighted by atomic mass is 9.95. The van der Waals surface area contributed by atoms with Gasteiger partial charge >= 0.3 is 0 Å². The van der Waals surface area contributed by atoms with Crippen molar-refractivity contribution in [1.29, 1.82) is 0 Å². The molecule has 4 rings (SSSR count). The number of nitrogens with zero attached hydrogens (tertiary/aromatic N) is 2. The Bertz CT molecular complexity index is 1000. The van der Waals surface area contributed by atoms with Crippen molar-refractivity contribution in [2.75, 3.05) is 0 Å². The number of hydrogen-bond donors (Lipinski definition) is 0. The summed E-state index contributed by atoms with van der Waals surface area (Å²) < 4.78 is 0. The van der Waals surface area contributed by atoms with E-state index >= 15 is 0 Å². The van der Waals surface area contributed by atoms with Crippen molar-refractivity contribution >= 4 is 0 Å². The maximum atomic E-state index is 5.19. The summed E-state index contributed by atoms with van der Waals surface area (Å²) in [7, 11) is 0. The van der Waals surface area contributed by atoms with Crippen LogP contribution in [0, 0.1) is 13.8 Å². The van der Waals surface area contributed by atoms with Crippen LogP contribution in [0.3, 0.4) is 0 Å². The molecule has 1 aromatic heterocycles. The van der Waals surface area contributed by atoms with Crippen LogP contribution in [0.25, 0.3) is 22.6 Å². The van der Waals surface area contributed by atoms with Crippen LogP contribution in [0.1, 0.15) is 93.0 Å². The Morgan fingerprint density at radius 3 is 1.48 bits per heavy atom. The number of fused-ring (bicyclic) bond motifs is 1. The van der Waals surface area contributed by atoms with Crippen molar-refractivity contribution < 1.29 is 0 Å². The molecule has 2 heteroatoms. The molecular weight excluding hydrogens is 400 g/mol. The first-order chi connectivity index (χ1) is 16.2. The van der Waals surface area contributed by atoms with Crippen LogP contribution in [0.4, 0.5) is 0 Å². The molecule has 1 aliphatic carbocycles. The molecule has 0 saturated heterocycles. The van der Waals surface area contributed by atoms with E-state index < -0.39 is 0 Å².